The van der Waals surface area contributed by atoms with Gasteiger partial charge in [0.1, 0.15) is 19.0 Å². The molecule has 2 heterocycles. The van der Waals surface area contributed by atoms with E-state index in [1.165, 1.54) is 28.7 Å². The standard InChI is InChI=1S/C25H20F3N5O/c1-16-2-4-17(5-3-16)22-14-34-24(31-22)30-20-10-6-18(7-11-20)23-29-15-33(32-23)21-12-8-19(9-13-21)25(26,27)28/h2-13,15,22H,14H2,1H3,(H,30,31). The zero-order valence-electron chi connectivity index (χ0n) is 18.1. The van der Waals surface area contributed by atoms with Crippen LogP contribution in [0.3, 0.4) is 0 Å². The number of rotatable bonds is 4. The third-order valence-electron chi connectivity index (χ3n) is 5.46. The van der Waals surface area contributed by atoms with E-state index in [0.717, 1.165) is 28.9 Å². The molecule has 34 heavy (non-hydrogen) atoms. The molecule has 0 aliphatic carbocycles. The van der Waals surface area contributed by atoms with Crippen molar-refractivity contribution in [3.05, 3.63) is 95.8 Å². The first-order chi connectivity index (χ1) is 16.3. The van der Waals surface area contributed by atoms with Crippen LogP contribution in [0.25, 0.3) is 17.1 Å². The molecule has 1 unspecified atom stereocenters. The Morgan fingerprint density at radius 3 is 2.32 bits per heavy atom. The molecular formula is C25H20F3N5O. The maximum absolute atomic E-state index is 12.8. The summed E-state index contributed by atoms with van der Waals surface area (Å²) < 4.78 is 45.4. The Morgan fingerprint density at radius 1 is 0.941 bits per heavy atom. The Bertz CT molecular complexity index is 1310. The van der Waals surface area contributed by atoms with Crippen LogP contribution in [0.1, 0.15) is 22.7 Å². The number of aryl methyl sites for hydroxylation is 1. The molecule has 1 aromatic heterocycles. The fraction of sp³-hybridized carbons (Fsp3) is 0.160. The van der Waals surface area contributed by atoms with E-state index in [-0.39, 0.29) is 6.04 Å². The molecule has 0 saturated carbocycles. The second-order valence-electron chi connectivity index (χ2n) is 7.93. The molecule has 0 amide bonds. The number of anilines is 1. The van der Waals surface area contributed by atoms with Crippen LogP contribution >= 0.6 is 0 Å². The van der Waals surface area contributed by atoms with Crippen LogP contribution in [0.15, 0.2) is 84.1 Å². The van der Waals surface area contributed by atoms with Crippen LogP contribution < -0.4 is 5.32 Å². The van der Waals surface area contributed by atoms with Crippen LogP contribution in [0.5, 0.6) is 0 Å². The Kier molecular flexibility index (Phi) is 5.53. The number of halogens is 3. The number of amidine groups is 1. The summed E-state index contributed by atoms with van der Waals surface area (Å²) in [7, 11) is 0. The Balaban J connectivity index is 1.26. The van der Waals surface area contributed by atoms with Gasteiger partial charge in [0, 0.05) is 11.3 Å². The first-order valence-corrected chi connectivity index (χ1v) is 10.6. The van der Waals surface area contributed by atoms with Crippen molar-refractivity contribution in [2.24, 2.45) is 4.99 Å². The molecule has 1 N–H and O–H groups in total. The number of hydrogen-bond donors (Lipinski definition) is 1. The first kappa shape index (κ1) is 21.7. The average Bonchev–Trinajstić information content (AvgIpc) is 3.50. The Labute approximate surface area is 193 Å². The number of nitrogens with one attached hydrogen (secondary N) is 1. The molecule has 0 bridgehead atoms. The molecule has 0 saturated heterocycles. The minimum Gasteiger partial charge on any atom is -0.462 e. The van der Waals surface area contributed by atoms with Gasteiger partial charge in [0.25, 0.3) is 6.02 Å². The monoisotopic (exact) mass is 463 g/mol. The molecule has 0 spiro atoms. The van der Waals surface area contributed by atoms with Gasteiger partial charge in [0.15, 0.2) is 5.82 Å². The minimum atomic E-state index is -4.38. The van der Waals surface area contributed by atoms with Gasteiger partial charge in [0.05, 0.1) is 11.3 Å². The maximum Gasteiger partial charge on any atom is 0.416 e. The minimum absolute atomic E-state index is 0.0410. The molecule has 9 heteroatoms. The predicted octanol–water partition coefficient (Wildman–Crippen LogP) is 5.80. The SMILES string of the molecule is Cc1ccc(C2COC(Nc3ccc(-c4ncn(-c5ccc(C(F)(F)F)cc5)n4)cc3)=N2)cc1. The number of aliphatic imine (C=N–C) groups is 1. The highest BCUT2D eigenvalue weighted by Gasteiger charge is 2.30. The second-order valence-corrected chi connectivity index (χ2v) is 7.93. The van der Waals surface area contributed by atoms with Crippen molar-refractivity contribution in [1.82, 2.24) is 14.8 Å². The van der Waals surface area contributed by atoms with Gasteiger partial charge in [-0.25, -0.2) is 14.7 Å². The van der Waals surface area contributed by atoms with E-state index < -0.39 is 11.7 Å². The molecule has 5 rings (SSSR count). The molecule has 1 aliphatic rings. The number of nitrogens with zero attached hydrogens (tertiary/aromatic N) is 4. The summed E-state index contributed by atoms with van der Waals surface area (Å²) in [6, 6.07) is 20.8. The molecule has 1 atom stereocenters. The van der Waals surface area contributed by atoms with Gasteiger partial charge in [-0.3, -0.25) is 0 Å². The van der Waals surface area contributed by atoms with Crippen LogP contribution in [0.4, 0.5) is 18.9 Å². The van der Waals surface area contributed by atoms with Gasteiger partial charge in [-0.1, -0.05) is 29.8 Å². The highest BCUT2D eigenvalue weighted by Crippen LogP contribution is 2.30. The van der Waals surface area contributed by atoms with Crippen molar-refractivity contribution in [2.45, 2.75) is 19.1 Å². The van der Waals surface area contributed by atoms with E-state index >= 15 is 0 Å². The maximum atomic E-state index is 12.8. The third kappa shape index (κ3) is 4.63. The van der Waals surface area contributed by atoms with Crippen molar-refractivity contribution in [3.63, 3.8) is 0 Å². The lowest BCUT2D eigenvalue weighted by atomic mass is 10.1. The lowest BCUT2D eigenvalue weighted by molar-refractivity contribution is -0.137. The van der Waals surface area contributed by atoms with Crippen LogP contribution in [-0.2, 0) is 10.9 Å². The topological polar surface area (TPSA) is 64.3 Å². The molecule has 1 aliphatic heterocycles. The van der Waals surface area contributed by atoms with Crippen LogP contribution in [-0.4, -0.2) is 27.4 Å². The quantitative estimate of drug-likeness (QED) is 0.415. The summed E-state index contributed by atoms with van der Waals surface area (Å²) in [6.07, 6.45) is -2.91. The summed E-state index contributed by atoms with van der Waals surface area (Å²) in [4.78, 5) is 8.88. The van der Waals surface area contributed by atoms with Gasteiger partial charge in [0.2, 0.25) is 0 Å². The summed E-state index contributed by atoms with van der Waals surface area (Å²) in [5.74, 6) is 0.459. The highest BCUT2D eigenvalue weighted by molar-refractivity contribution is 5.90. The fourth-order valence-electron chi connectivity index (χ4n) is 3.55. The Hall–Kier alpha value is -4.14. The molecule has 3 aromatic carbocycles. The van der Waals surface area contributed by atoms with Crippen LogP contribution in [0.2, 0.25) is 0 Å². The number of alkyl halides is 3. The molecule has 0 fully saturated rings. The van der Waals surface area contributed by atoms with E-state index in [0.29, 0.717) is 24.1 Å². The molecular weight excluding hydrogens is 443 g/mol. The Morgan fingerprint density at radius 2 is 1.65 bits per heavy atom. The van der Waals surface area contributed by atoms with Crippen molar-refractivity contribution in [3.8, 4) is 17.1 Å². The summed E-state index contributed by atoms with van der Waals surface area (Å²) >= 11 is 0. The third-order valence-corrected chi connectivity index (χ3v) is 5.46. The second kappa shape index (κ2) is 8.66. The molecule has 0 radical (unpaired) electrons. The lowest BCUT2D eigenvalue weighted by Crippen LogP contribution is -2.11. The van der Waals surface area contributed by atoms with Gasteiger partial charge in [-0.05, 0) is 61.0 Å². The zero-order chi connectivity index (χ0) is 23.7. The molecule has 6 nitrogen and oxygen atoms in total. The molecule has 4 aromatic rings. The van der Waals surface area contributed by atoms with Crippen molar-refractivity contribution in [2.75, 3.05) is 11.9 Å². The van der Waals surface area contributed by atoms with Gasteiger partial charge < -0.3 is 10.1 Å². The molecule has 172 valence electrons. The van der Waals surface area contributed by atoms with E-state index in [2.05, 4.69) is 44.7 Å². The number of hydrogen-bond acceptors (Lipinski definition) is 5. The normalized spacial score (nSPS) is 15.6. The van der Waals surface area contributed by atoms with E-state index in [4.69, 9.17) is 4.74 Å². The van der Waals surface area contributed by atoms with Gasteiger partial charge in [-0.2, -0.15) is 13.2 Å². The van der Waals surface area contributed by atoms with Crippen molar-refractivity contribution in [1.29, 1.82) is 0 Å². The predicted molar refractivity (Wildman–Crippen MR) is 123 cm³/mol. The summed E-state index contributed by atoms with van der Waals surface area (Å²) in [5, 5.41) is 7.55. The first-order valence-electron chi connectivity index (χ1n) is 10.6. The number of ether oxygens (including phenoxy) is 1. The highest BCUT2D eigenvalue weighted by atomic mass is 19.4. The van der Waals surface area contributed by atoms with Gasteiger partial charge in [-0.15, -0.1) is 5.10 Å². The summed E-state index contributed by atoms with van der Waals surface area (Å²) in [6.45, 7) is 2.53. The summed E-state index contributed by atoms with van der Waals surface area (Å²) in [5.41, 5.74) is 3.65. The number of benzene rings is 3. The fourth-order valence-corrected chi connectivity index (χ4v) is 3.55. The average molecular weight is 463 g/mol. The largest absolute Gasteiger partial charge is 0.462 e. The van der Waals surface area contributed by atoms with Crippen molar-refractivity contribution >= 4 is 11.7 Å². The van der Waals surface area contributed by atoms with Crippen molar-refractivity contribution < 1.29 is 17.9 Å². The van der Waals surface area contributed by atoms with E-state index in [1.54, 1.807) is 0 Å². The van der Waals surface area contributed by atoms with E-state index in [9.17, 15) is 13.2 Å². The lowest BCUT2D eigenvalue weighted by Gasteiger charge is -2.07. The van der Waals surface area contributed by atoms with Gasteiger partial charge >= 0.3 is 6.18 Å². The smallest absolute Gasteiger partial charge is 0.416 e. The van der Waals surface area contributed by atoms with Crippen LogP contribution in [0, 0.1) is 6.92 Å². The number of aromatic nitrogens is 3. The van der Waals surface area contributed by atoms with E-state index in [1.807, 2.05) is 31.2 Å². The zero-order valence-corrected chi connectivity index (χ0v) is 18.1.